The highest BCUT2D eigenvalue weighted by molar-refractivity contribution is 7.92. The molecule has 1 fully saturated rings. The van der Waals surface area contributed by atoms with Crippen molar-refractivity contribution in [1.82, 2.24) is 4.72 Å². The van der Waals surface area contributed by atoms with Crippen molar-refractivity contribution >= 4 is 19.9 Å². The van der Waals surface area contributed by atoms with E-state index in [0.29, 0.717) is 0 Å². The Morgan fingerprint density at radius 3 is 2.26 bits per heavy atom. The molecule has 7 nitrogen and oxygen atoms in total. The third-order valence-corrected chi connectivity index (χ3v) is 10.2. The summed E-state index contributed by atoms with van der Waals surface area (Å²) in [5.41, 5.74) is -6.02. The van der Waals surface area contributed by atoms with E-state index in [1.807, 2.05) is 6.07 Å². The lowest BCUT2D eigenvalue weighted by atomic mass is 9.71. The standard InChI is InChI=1S/C21H17F5N2O5S2/c22-16-5-6-17(23)19-18(16)20(34(29,30)15-3-1-12(10-27)2-4-15)8-7-14(9-13(20)11-33-19)28-35(31,32)21(24,25)26/h1-6,13-14,28H,7-9,11H2/t13-,14-,20+/m1/s1. The van der Waals surface area contributed by atoms with Crippen LogP contribution in [0.2, 0.25) is 0 Å². The van der Waals surface area contributed by atoms with Gasteiger partial charge in [0, 0.05) is 12.0 Å². The van der Waals surface area contributed by atoms with E-state index in [9.17, 15) is 34.4 Å². The number of hydrogen-bond donors (Lipinski definition) is 1. The number of sulfone groups is 1. The van der Waals surface area contributed by atoms with E-state index < -0.39 is 90.9 Å². The Morgan fingerprint density at radius 1 is 1.03 bits per heavy atom. The Balaban J connectivity index is 1.86. The van der Waals surface area contributed by atoms with E-state index in [-0.39, 0.29) is 10.5 Å². The van der Waals surface area contributed by atoms with Crippen LogP contribution in [-0.2, 0) is 24.6 Å². The van der Waals surface area contributed by atoms with E-state index in [2.05, 4.69) is 0 Å². The molecule has 35 heavy (non-hydrogen) atoms. The van der Waals surface area contributed by atoms with Crippen molar-refractivity contribution in [1.29, 1.82) is 5.26 Å². The molecule has 0 amide bonds. The topological polar surface area (TPSA) is 113 Å². The van der Waals surface area contributed by atoms with Gasteiger partial charge in [0.15, 0.2) is 21.4 Å². The maximum atomic E-state index is 15.1. The second-order valence-corrected chi connectivity index (χ2v) is 12.2. The van der Waals surface area contributed by atoms with E-state index in [1.54, 1.807) is 0 Å². The number of ether oxygens (including phenoxy) is 1. The van der Waals surface area contributed by atoms with Gasteiger partial charge in [0.25, 0.3) is 0 Å². The zero-order valence-corrected chi connectivity index (χ0v) is 19.3. The lowest BCUT2D eigenvalue weighted by Crippen LogP contribution is -2.56. The lowest BCUT2D eigenvalue weighted by Gasteiger charge is -2.49. The van der Waals surface area contributed by atoms with E-state index in [0.717, 1.165) is 24.3 Å². The van der Waals surface area contributed by atoms with Gasteiger partial charge in [-0.25, -0.2) is 30.3 Å². The number of fused-ring (bicyclic) bond motifs is 3. The van der Waals surface area contributed by atoms with E-state index >= 15 is 4.39 Å². The zero-order chi connectivity index (χ0) is 25.8. The third-order valence-electron chi connectivity index (χ3n) is 6.40. The Labute approximate surface area is 197 Å². The van der Waals surface area contributed by atoms with Crippen molar-refractivity contribution in [3.8, 4) is 11.8 Å². The van der Waals surface area contributed by atoms with Crippen LogP contribution in [0.1, 0.15) is 30.4 Å². The van der Waals surface area contributed by atoms with Crippen LogP contribution in [0.3, 0.4) is 0 Å². The van der Waals surface area contributed by atoms with E-state index in [1.165, 1.54) is 16.9 Å². The first-order chi connectivity index (χ1) is 16.2. The molecule has 2 aliphatic rings. The Hall–Kier alpha value is -2.76. The fourth-order valence-corrected chi connectivity index (χ4v) is 7.98. The van der Waals surface area contributed by atoms with Gasteiger partial charge in [-0.2, -0.15) is 18.4 Å². The van der Waals surface area contributed by atoms with Gasteiger partial charge in [-0.05, 0) is 55.7 Å². The van der Waals surface area contributed by atoms with Crippen LogP contribution in [0.4, 0.5) is 22.0 Å². The minimum absolute atomic E-state index is 0.146. The van der Waals surface area contributed by atoms with Crippen LogP contribution in [0.25, 0.3) is 0 Å². The highest BCUT2D eigenvalue weighted by Gasteiger charge is 2.60. The summed E-state index contributed by atoms with van der Waals surface area (Å²) >= 11 is 0. The van der Waals surface area contributed by atoms with Crippen molar-refractivity contribution in [2.45, 2.75) is 40.5 Å². The molecule has 0 bridgehead atoms. The van der Waals surface area contributed by atoms with Gasteiger partial charge in [-0.15, -0.1) is 0 Å². The smallest absolute Gasteiger partial charge is 0.490 e. The summed E-state index contributed by atoms with van der Waals surface area (Å²) in [6, 6.07) is 6.71. The molecule has 1 saturated carbocycles. The summed E-state index contributed by atoms with van der Waals surface area (Å²) in [6.45, 7) is -0.507. The molecule has 2 aromatic carbocycles. The van der Waals surface area contributed by atoms with Gasteiger partial charge < -0.3 is 4.74 Å². The summed E-state index contributed by atoms with van der Waals surface area (Å²) in [7, 11) is -10.3. The number of hydrogen-bond acceptors (Lipinski definition) is 6. The summed E-state index contributed by atoms with van der Waals surface area (Å²) < 4.78 is 124. The molecular weight excluding hydrogens is 519 g/mol. The molecular formula is C21H17F5N2O5S2. The SMILES string of the molecule is N#Cc1ccc(S(=O)(=O)[C@@]23CC[C@@H](NS(=O)(=O)C(F)(F)F)C[C@@H]2COc2c(F)ccc(F)c23)cc1. The average Bonchev–Trinajstić information content (AvgIpc) is 2.79. The van der Waals surface area contributed by atoms with Gasteiger partial charge in [0.05, 0.1) is 28.7 Å². The van der Waals surface area contributed by atoms with Crippen LogP contribution in [-0.4, -0.2) is 35.0 Å². The normalized spacial score (nSPS) is 24.6. The quantitative estimate of drug-likeness (QED) is 0.599. The predicted octanol–water partition coefficient (Wildman–Crippen LogP) is 3.51. The maximum absolute atomic E-state index is 15.1. The molecule has 0 saturated heterocycles. The largest absolute Gasteiger partial charge is 0.511 e. The number of benzene rings is 2. The number of nitriles is 1. The first-order valence-electron chi connectivity index (χ1n) is 10.2. The molecule has 2 aromatic rings. The second kappa shape index (κ2) is 8.42. The summed E-state index contributed by atoms with van der Waals surface area (Å²) in [5, 5.41) is 9.00. The summed E-state index contributed by atoms with van der Waals surface area (Å²) in [5.74, 6) is -3.94. The van der Waals surface area contributed by atoms with E-state index in [4.69, 9.17) is 10.00 Å². The molecule has 1 heterocycles. The Bertz CT molecular complexity index is 1420. The molecule has 0 aromatic heterocycles. The Morgan fingerprint density at radius 2 is 1.66 bits per heavy atom. The van der Waals surface area contributed by atoms with Gasteiger partial charge in [0.2, 0.25) is 0 Å². The second-order valence-electron chi connectivity index (χ2n) is 8.31. The molecule has 0 radical (unpaired) electrons. The van der Waals surface area contributed by atoms with Crippen LogP contribution < -0.4 is 9.46 Å². The van der Waals surface area contributed by atoms with Gasteiger partial charge in [-0.3, -0.25) is 0 Å². The fraction of sp³-hybridized carbons (Fsp3) is 0.381. The molecule has 14 heteroatoms. The van der Waals surface area contributed by atoms with Crippen LogP contribution in [0.15, 0.2) is 41.3 Å². The molecule has 188 valence electrons. The number of sulfonamides is 1. The van der Waals surface area contributed by atoms with Crippen LogP contribution in [0, 0.1) is 28.9 Å². The molecule has 4 rings (SSSR count). The monoisotopic (exact) mass is 536 g/mol. The summed E-state index contributed by atoms with van der Waals surface area (Å²) in [6.07, 6.45) is -1.36. The molecule has 1 N–H and O–H groups in total. The molecule has 3 atom stereocenters. The predicted molar refractivity (Wildman–Crippen MR) is 111 cm³/mol. The average molecular weight is 537 g/mol. The van der Waals surface area contributed by atoms with Gasteiger partial charge >= 0.3 is 15.5 Å². The number of rotatable bonds is 4. The number of nitrogens with one attached hydrogen (secondary N) is 1. The van der Waals surface area contributed by atoms with Crippen molar-refractivity contribution in [2.75, 3.05) is 6.61 Å². The first kappa shape index (κ1) is 25.3. The third kappa shape index (κ3) is 3.95. The molecule has 0 unspecified atom stereocenters. The highest BCUT2D eigenvalue weighted by atomic mass is 32.2. The fourth-order valence-electron chi connectivity index (χ4n) is 4.83. The first-order valence-corrected chi connectivity index (χ1v) is 13.2. The van der Waals surface area contributed by atoms with Crippen molar-refractivity contribution in [3.05, 3.63) is 59.2 Å². The van der Waals surface area contributed by atoms with Crippen molar-refractivity contribution in [3.63, 3.8) is 0 Å². The van der Waals surface area contributed by atoms with Gasteiger partial charge in [-0.1, -0.05) is 0 Å². The Kier molecular flexibility index (Phi) is 6.10. The minimum atomic E-state index is -5.73. The number of alkyl halides is 3. The van der Waals surface area contributed by atoms with Crippen LogP contribution in [0.5, 0.6) is 5.75 Å². The highest BCUT2D eigenvalue weighted by Crippen LogP contribution is 2.56. The zero-order valence-electron chi connectivity index (χ0n) is 17.6. The molecule has 1 aliphatic heterocycles. The number of halogens is 5. The van der Waals surface area contributed by atoms with Gasteiger partial charge in [0.1, 0.15) is 10.6 Å². The van der Waals surface area contributed by atoms with Crippen LogP contribution >= 0.6 is 0 Å². The molecule has 0 spiro atoms. The van der Waals surface area contributed by atoms with Crippen molar-refractivity contribution < 1.29 is 43.5 Å². The maximum Gasteiger partial charge on any atom is 0.511 e. The molecule has 1 aliphatic carbocycles. The lowest BCUT2D eigenvalue weighted by molar-refractivity contribution is -0.0454. The number of nitrogens with zero attached hydrogens (tertiary/aromatic N) is 1. The van der Waals surface area contributed by atoms with Crippen molar-refractivity contribution in [2.24, 2.45) is 5.92 Å². The minimum Gasteiger partial charge on any atom is -0.490 e. The summed E-state index contributed by atoms with van der Waals surface area (Å²) in [4.78, 5) is -0.313.